The molecule has 2 aliphatic carbocycles. The lowest BCUT2D eigenvalue weighted by Crippen LogP contribution is -2.09. The Balaban J connectivity index is 1.59. The Bertz CT molecular complexity index is 663. The van der Waals surface area contributed by atoms with Crippen LogP contribution in [0.1, 0.15) is 41.3 Å². The maximum Gasteiger partial charge on any atom is 0.126 e. The van der Waals surface area contributed by atoms with Crippen molar-refractivity contribution in [2.45, 2.75) is 38.1 Å². The van der Waals surface area contributed by atoms with E-state index in [1.54, 1.807) is 0 Å². The molecule has 102 valence electrons. The number of pyridine rings is 1. The number of benzene rings is 1. The van der Waals surface area contributed by atoms with Crippen LogP contribution in [0.15, 0.2) is 30.3 Å². The second-order valence-corrected chi connectivity index (χ2v) is 5.85. The molecule has 1 unspecified atom stereocenters. The number of hydrogen-bond acceptors (Lipinski definition) is 3. The van der Waals surface area contributed by atoms with Crippen LogP contribution in [-0.2, 0) is 19.3 Å². The van der Waals surface area contributed by atoms with E-state index in [2.05, 4.69) is 29.6 Å². The number of rotatable bonds is 2. The van der Waals surface area contributed by atoms with Gasteiger partial charge in [-0.3, -0.25) is 0 Å². The highest BCUT2D eigenvalue weighted by Crippen LogP contribution is 2.35. The molecule has 0 aliphatic heterocycles. The van der Waals surface area contributed by atoms with Gasteiger partial charge < -0.3 is 11.1 Å². The van der Waals surface area contributed by atoms with Crippen LogP contribution in [0.5, 0.6) is 0 Å². The van der Waals surface area contributed by atoms with E-state index in [9.17, 15) is 0 Å². The molecule has 20 heavy (non-hydrogen) atoms. The summed E-state index contributed by atoms with van der Waals surface area (Å²) in [6.45, 7) is 0. The Labute approximate surface area is 119 Å². The molecule has 1 heterocycles. The zero-order valence-electron chi connectivity index (χ0n) is 11.5. The predicted molar refractivity (Wildman–Crippen MR) is 81.8 cm³/mol. The highest BCUT2D eigenvalue weighted by atomic mass is 15.0. The first-order valence-corrected chi connectivity index (χ1v) is 7.43. The third kappa shape index (κ3) is 1.94. The second kappa shape index (κ2) is 4.51. The van der Waals surface area contributed by atoms with E-state index >= 15 is 0 Å². The molecule has 3 N–H and O–H groups in total. The highest BCUT2D eigenvalue weighted by Gasteiger charge is 2.23. The number of anilines is 2. The molecule has 1 aromatic carbocycles. The Morgan fingerprint density at radius 3 is 2.95 bits per heavy atom. The third-order valence-electron chi connectivity index (χ3n) is 4.50. The monoisotopic (exact) mass is 265 g/mol. The van der Waals surface area contributed by atoms with Crippen LogP contribution in [-0.4, -0.2) is 4.98 Å². The Hall–Kier alpha value is -2.03. The van der Waals surface area contributed by atoms with Gasteiger partial charge in [0, 0.05) is 11.4 Å². The molecule has 0 spiro atoms. The minimum Gasteiger partial charge on any atom is -0.399 e. The molecule has 3 heteroatoms. The lowest BCUT2D eigenvalue weighted by atomic mass is 10.1. The highest BCUT2D eigenvalue weighted by molar-refractivity contribution is 5.51. The van der Waals surface area contributed by atoms with Gasteiger partial charge in [-0.15, -0.1) is 0 Å². The standard InChI is InChI=1S/C17H19N3/c18-13-6-7-14-12(10-13)4-8-16(14)20-17-9-5-11-2-1-3-15(11)19-17/h5-7,9-10,16H,1-4,8,18H2,(H,19,20). The van der Waals surface area contributed by atoms with E-state index in [1.807, 2.05) is 6.07 Å². The van der Waals surface area contributed by atoms with Crippen molar-refractivity contribution in [2.24, 2.45) is 0 Å². The first kappa shape index (κ1) is 11.8. The first-order valence-electron chi connectivity index (χ1n) is 7.43. The summed E-state index contributed by atoms with van der Waals surface area (Å²) in [7, 11) is 0. The molecule has 0 amide bonds. The van der Waals surface area contributed by atoms with E-state index in [-0.39, 0.29) is 0 Å². The fourth-order valence-electron chi connectivity index (χ4n) is 3.47. The largest absolute Gasteiger partial charge is 0.399 e. The van der Waals surface area contributed by atoms with Crippen LogP contribution in [0.2, 0.25) is 0 Å². The number of nitrogens with zero attached hydrogens (tertiary/aromatic N) is 1. The van der Waals surface area contributed by atoms with Gasteiger partial charge >= 0.3 is 0 Å². The number of aromatic nitrogens is 1. The average molecular weight is 265 g/mol. The van der Waals surface area contributed by atoms with Gasteiger partial charge in [0.1, 0.15) is 5.82 Å². The van der Waals surface area contributed by atoms with Gasteiger partial charge in [-0.1, -0.05) is 12.1 Å². The molecule has 2 aromatic rings. The molecule has 0 saturated carbocycles. The van der Waals surface area contributed by atoms with E-state index in [0.29, 0.717) is 6.04 Å². The lowest BCUT2D eigenvalue weighted by Gasteiger charge is -2.15. The summed E-state index contributed by atoms with van der Waals surface area (Å²) in [6.07, 6.45) is 5.79. The molecular formula is C17H19N3. The Morgan fingerprint density at radius 1 is 1.05 bits per heavy atom. The quantitative estimate of drug-likeness (QED) is 0.819. The van der Waals surface area contributed by atoms with Gasteiger partial charge in [0.05, 0.1) is 6.04 Å². The molecule has 1 aromatic heterocycles. The molecule has 4 rings (SSSR count). The summed E-state index contributed by atoms with van der Waals surface area (Å²) >= 11 is 0. The van der Waals surface area contributed by atoms with Crippen molar-refractivity contribution in [3.8, 4) is 0 Å². The molecule has 0 bridgehead atoms. The smallest absolute Gasteiger partial charge is 0.126 e. The van der Waals surface area contributed by atoms with Crippen molar-refractivity contribution >= 4 is 11.5 Å². The Morgan fingerprint density at radius 2 is 2.00 bits per heavy atom. The van der Waals surface area contributed by atoms with E-state index in [1.165, 1.54) is 35.2 Å². The molecule has 1 atom stereocenters. The van der Waals surface area contributed by atoms with Gasteiger partial charge in [0.25, 0.3) is 0 Å². The topological polar surface area (TPSA) is 50.9 Å². The lowest BCUT2D eigenvalue weighted by molar-refractivity contribution is 0.756. The summed E-state index contributed by atoms with van der Waals surface area (Å²) in [5.74, 6) is 1.01. The van der Waals surface area contributed by atoms with Crippen molar-refractivity contribution in [2.75, 3.05) is 11.1 Å². The minimum atomic E-state index is 0.373. The van der Waals surface area contributed by atoms with Crippen molar-refractivity contribution in [3.05, 3.63) is 52.7 Å². The summed E-state index contributed by atoms with van der Waals surface area (Å²) in [5, 5.41) is 3.59. The van der Waals surface area contributed by atoms with E-state index in [0.717, 1.165) is 30.8 Å². The summed E-state index contributed by atoms with van der Waals surface area (Å²) in [5.41, 5.74) is 12.2. The SMILES string of the molecule is Nc1ccc2c(c1)CCC2Nc1ccc2c(n1)CCC2. The van der Waals surface area contributed by atoms with Crippen LogP contribution < -0.4 is 11.1 Å². The maximum atomic E-state index is 5.86. The minimum absolute atomic E-state index is 0.373. The van der Waals surface area contributed by atoms with Gasteiger partial charge in [-0.2, -0.15) is 0 Å². The van der Waals surface area contributed by atoms with Gasteiger partial charge in [0.2, 0.25) is 0 Å². The van der Waals surface area contributed by atoms with Gasteiger partial charge in [-0.05, 0) is 67.0 Å². The summed E-state index contributed by atoms with van der Waals surface area (Å²) < 4.78 is 0. The number of nitrogens with two attached hydrogens (primary N) is 1. The van der Waals surface area contributed by atoms with Crippen LogP contribution in [0.4, 0.5) is 11.5 Å². The van der Waals surface area contributed by atoms with Gasteiger partial charge in [-0.25, -0.2) is 4.98 Å². The van der Waals surface area contributed by atoms with Crippen molar-refractivity contribution in [3.63, 3.8) is 0 Å². The molecule has 3 nitrogen and oxygen atoms in total. The fraction of sp³-hybridized carbons (Fsp3) is 0.353. The van der Waals surface area contributed by atoms with Crippen LogP contribution >= 0.6 is 0 Å². The Kier molecular flexibility index (Phi) is 2.66. The summed E-state index contributed by atoms with van der Waals surface area (Å²) in [4.78, 5) is 4.77. The van der Waals surface area contributed by atoms with Crippen LogP contribution in [0, 0.1) is 0 Å². The first-order chi connectivity index (χ1) is 9.79. The van der Waals surface area contributed by atoms with Gasteiger partial charge in [0.15, 0.2) is 0 Å². The summed E-state index contributed by atoms with van der Waals surface area (Å²) in [6, 6.07) is 11.0. The number of aryl methyl sites for hydroxylation is 3. The zero-order valence-corrected chi connectivity index (χ0v) is 11.5. The van der Waals surface area contributed by atoms with Crippen molar-refractivity contribution in [1.29, 1.82) is 0 Å². The molecule has 2 aliphatic rings. The second-order valence-electron chi connectivity index (χ2n) is 5.85. The molecule has 0 radical (unpaired) electrons. The van der Waals surface area contributed by atoms with Crippen molar-refractivity contribution < 1.29 is 0 Å². The zero-order chi connectivity index (χ0) is 13.5. The molecular weight excluding hydrogens is 246 g/mol. The van der Waals surface area contributed by atoms with E-state index < -0.39 is 0 Å². The van der Waals surface area contributed by atoms with Crippen LogP contribution in [0.25, 0.3) is 0 Å². The van der Waals surface area contributed by atoms with E-state index in [4.69, 9.17) is 10.7 Å². The average Bonchev–Trinajstić information content (AvgIpc) is 3.05. The normalized spacial score (nSPS) is 19.7. The number of nitrogen functional groups attached to an aromatic ring is 1. The number of hydrogen-bond donors (Lipinski definition) is 2. The molecule has 0 saturated heterocycles. The number of nitrogens with one attached hydrogen (secondary N) is 1. The van der Waals surface area contributed by atoms with Crippen LogP contribution in [0.3, 0.4) is 0 Å². The maximum absolute atomic E-state index is 5.86. The third-order valence-corrected chi connectivity index (χ3v) is 4.50. The predicted octanol–water partition coefficient (Wildman–Crippen LogP) is 3.25. The van der Waals surface area contributed by atoms with Crippen molar-refractivity contribution in [1.82, 2.24) is 4.98 Å². The fourth-order valence-corrected chi connectivity index (χ4v) is 3.47. The number of fused-ring (bicyclic) bond motifs is 2. The molecule has 0 fully saturated rings.